The van der Waals surface area contributed by atoms with Crippen molar-refractivity contribution < 1.29 is 22.7 Å². The number of carbonyl (C=O) groups excluding carboxylic acids is 2. The van der Waals surface area contributed by atoms with E-state index in [1.807, 2.05) is 0 Å². The standard InChI is InChI=1S/C21H22Cl2N2O5S/c22-16-6-4-15(5-7-16)13-24-20(26)14-30-21(27)18-12-17(8-9-19(18)23)31(28,29)25-10-2-1-3-11-25/h4-9,12H,1-3,10-11,13-14H2,(H,24,26). The van der Waals surface area contributed by atoms with Crippen LogP contribution < -0.4 is 5.32 Å². The molecular formula is C21H22Cl2N2O5S. The van der Waals surface area contributed by atoms with Crippen molar-refractivity contribution in [3.63, 3.8) is 0 Å². The summed E-state index contributed by atoms with van der Waals surface area (Å²) in [7, 11) is -3.73. The van der Waals surface area contributed by atoms with Crippen molar-refractivity contribution in [1.29, 1.82) is 0 Å². The van der Waals surface area contributed by atoms with Crippen molar-refractivity contribution in [3.05, 3.63) is 63.6 Å². The Kier molecular flexibility index (Phi) is 7.94. The van der Waals surface area contributed by atoms with E-state index in [2.05, 4.69) is 5.32 Å². The monoisotopic (exact) mass is 484 g/mol. The Bertz CT molecular complexity index is 1050. The van der Waals surface area contributed by atoms with Crippen molar-refractivity contribution >= 4 is 45.1 Å². The number of benzene rings is 2. The SMILES string of the molecule is O=C(COC(=O)c1cc(S(=O)(=O)N2CCCCC2)ccc1Cl)NCc1ccc(Cl)cc1. The van der Waals surface area contributed by atoms with Crippen LogP contribution in [-0.2, 0) is 26.1 Å². The zero-order valence-corrected chi connectivity index (χ0v) is 19.0. The van der Waals surface area contributed by atoms with Crippen molar-refractivity contribution in [1.82, 2.24) is 9.62 Å². The molecule has 1 amide bonds. The summed E-state index contributed by atoms with van der Waals surface area (Å²) in [4.78, 5) is 24.4. The molecular weight excluding hydrogens is 463 g/mol. The Morgan fingerprint density at radius 1 is 1.00 bits per heavy atom. The number of sulfonamides is 1. The molecule has 1 heterocycles. The highest BCUT2D eigenvalue weighted by Gasteiger charge is 2.27. The summed E-state index contributed by atoms with van der Waals surface area (Å²) < 4.78 is 32.1. The minimum absolute atomic E-state index is 0.0297. The van der Waals surface area contributed by atoms with Gasteiger partial charge in [-0.15, -0.1) is 0 Å². The highest BCUT2D eigenvalue weighted by atomic mass is 35.5. The van der Waals surface area contributed by atoms with Gasteiger partial charge in [0, 0.05) is 24.7 Å². The second kappa shape index (κ2) is 10.5. The molecule has 0 spiro atoms. The van der Waals surface area contributed by atoms with E-state index in [9.17, 15) is 18.0 Å². The van der Waals surface area contributed by atoms with Crippen LogP contribution in [0, 0.1) is 0 Å². The fraction of sp³-hybridized carbons (Fsp3) is 0.333. The average molecular weight is 485 g/mol. The third kappa shape index (κ3) is 6.20. The van der Waals surface area contributed by atoms with Gasteiger partial charge in [0.15, 0.2) is 6.61 Å². The van der Waals surface area contributed by atoms with E-state index in [-0.39, 0.29) is 22.0 Å². The Morgan fingerprint density at radius 2 is 1.68 bits per heavy atom. The number of nitrogens with zero attached hydrogens (tertiary/aromatic N) is 1. The fourth-order valence-electron chi connectivity index (χ4n) is 3.14. The lowest BCUT2D eigenvalue weighted by atomic mass is 10.2. The number of nitrogens with one attached hydrogen (secondary N) is 1. The van der Waals surface area contributed by atoms with Gasteiger partial charge < -0.3 is 10.1 Å². The molecule has 0 aromatic heterocycles. The summed E-state index contributed by atoms with van der Waals surface area (Å²) in [5.41, 5.74) is 0.730. The van der Waals surface area contributed by atoms with Gasteiger partial charge in [-0.25, -0.2) is 13.2 Å². The van der Waals surface area contributed by atoms with Gasteiger partial charge in [-0.2, -0.15) is 4.31 Å². The molecule has 2 aromatic carbocycles. The van der Waals surface area contributed by atoms with Gasteiger partial charge in [0.25, 0.3) is 5.91 Å². The average Bonchev–Trinajstić information content (AvgIpc) is 2.78. The van der Waals surface area contributed by atoms with Gasteiger partial charge >= 0.3 is 5.97 Å². The maximum atomic E-state index is 12.8. The molecule has 0 bridgehead atoms. The summed E-state index contributed by atoms with van der Waals surface area (Å²) in [6.45, 7) is 0.612. The smallest absolute Gasteiger partial charge is 0.340 e. The van der Waals surface area contributed by atoms with Gasteiger partial charge in [-0.3, -0.25) is 4.79 Å². The lowest BCUT2D eigenvalue weighted by Crippen LogP contribution is -2.35. The summed E-state index contributed by atoms with van der Waals surface area (Å²) in [5, 5.41) is 3.26. The van der Waals surface area contributed by atoms with Crippen LogP contribution in [-0.4, -0.2) is 44.3 Å². The predicted molar refractivity (Wildman–Crippen MR) is 118 cm³/mol. The van der Waals surface area contributed by atoms with Gasteiger partial charge in [-0.05, 0) is 48.7 Å². The maximum absolute atomic E-state index is 12.8. The van der Waals surface area contributed by atoms with Gasteiger partial charge in [-0.1, -0.05) is 41.8 Å². The number of rotatable bonds is 7. The molecule has 166 valence electrons. The molecule has 0 radical (unpaired) electrons. The zero-order chi connectivity index (χ0) is 22.4. The lowest BCUT2D eigenvalue weighted by Gasteiger charge is -2.26. The van der Waals surface area contributed by atoms with Gasteiger partial charge in [0.1, 0.15) is 0 Å². The topological polar surface area (TPSA) is 92.8 Å². The Hall–Kier alpha value is -2.13. The molecule has 3 rings (SSSR count). The molecule has 0 unspecified atom stereocenters. The second-order valence-corrected chi connectivity index (χ2v) is 9.87. The lowest BCUT2D eigenvalue weighted by molar-refractivity contribution is -0.124. The largest absolute Gasteiger partial charge is 0.452 e. The van der Waals surface area contributed by atoms with Crippen molar-refractivity contribution in [3.8, 4) is 0 Å². The van der Waals surface area contributed by atoms with E-state index in [4.69, 9.17) is 27.9 Å². The molecule has 0 atom stereocenters. The van der Waals surface area contributed by atoms with Gasteiger partial charge in [0.05, 0.1) is 15.5 Å². The number of amides is 1. The minimum Gasteiger partial charge on any atom is -0.452 e. The van der Waals surface area contributed by atoms with E-state index >= 15 is 0 Å². The molecule has 1 aliphatic heterocycles. The van der Waals surface area contributed by atoms with Crippen LogP contribution in [0.4, 0.5) is 0 Å². The summed E-state index contributed by atoms with van der Waals surface area (Å²) in [5.74, 6) is -1.38. The number of piperidine rings is 1. The van der Waals surface area contributed by atoms with E-state index in [1.165, 1.54) is 22.5 Å². The van der Waals surface area contributed by atoms with Crippen LogP contribution in [0.15, 0.2) is 47.4 Å². The quantitative estimate of drug-likeness (QED) is 0.605. The Morgan fingerprint density at radius 3 is 2.35 bits per heavy atom. The highest BCUT2D eigenvalue weighted by Crippen LogP contribution is 2.25. The maximum Gasteiger partial charge on any atom is 0.340 e. The summed E-state index contributed by atoms with van der Waals surface area (Å²) >= 11 is 11.9. The second-order valence-electron chi connectivity index (χ2n) is 7.09. The third-order valence-corrected chi connectivity index (χ3v) is 7.32. The summed E-state index contributed by atoms with van der Waals surface area (Å²) in [6.07, 6.45) is 2.59. The highest BCUT2D eigenvalue weighted by molar-refractivity contribution is 7.89. The van der Waals surface area contributed by atoms with Crippen LogP contribution >= 0.6 is 23.2 Å². The van der Waals surface area contributed by atoms with Crippen molar-refractivity contribution in [2.75, 3.05) is 19.7 Å². The number of esters is 1. The van der Waals surface area contributed by atoms with E-state index in [0.29, 0.717) is 18.1 Å². The molecule has 1 aliphatic rings. The molecule has 1 fully saturated rings. The van der Waals surface area contributed by atoms with Crippen LogP contribution in [0.1, 0.15) is 35.2 Å². The Balaban J connectivity index is 1.61. The Labute approximate surface area is 191 Å². The van der Waals surface area contributed by atoms with Gasteiger partial charge in [0.2, 0.25) is 10.0 Å². The van der Waals surface area contributed by atoms with Crippen molar-refractivity contribution in [2.24, 2.45) is 0 Å². The first kappa shape index (κ1) is 23.5. The molecule has 1 saturated heterocycles. The first-order valence-electron chi connectivity index (χ1n) is 9.75. The molecule has 0 aliphatic carbocycles. The normalized spacial score (nSPS) is 14.8. The predicted octanol–water partition coefficient (Wildman–Crippen LogP) is 3.64. The van der Waals surface area contributed by atoms with E-state index in [1.54, 1.807) is 24.3 Å². The minimum atomic E-state index is -3.73. The zero-order valence-electron chi connectivity index (χ0n) is 16.6. The first-order valence-corrected chi connectivity index (χ1v) is 11.9. The number of ether oxygens (including phenoxy) is 1. The number of hydrogen-bond acceptors (Lipinski definition) is 5. The molecule has 7 nitrogen and oxygen atoms in total. The third-order valence-electron chi connectivity index (χ3n) is 4.85. The van der Waals surface area contributed by atoms with E-state index < -0.39 is 28.5 Å². The van der Waals surface area contributed by atoms with Crippen LogP contribution in [0.25, 0.3) is 0 Å². The number of halogens is 2. The molecule has 2 aromatic rings. The molecule has 10 heteroatoms. The summed E-state index contributed by atoms with van der Waals surface area (Å²) in [6, 6.07) is 10.8. The molecule has 1 N–H and O–H groups in total. The number of carbonyl (C=O) groups is 2. The first-order chi connectivity index (χ1) is 14.8. The van der Waals surface area contributed by atoms with Crippen LogP contribution in [0.3, 0.4) is 0 Å². The van der Waals surface area contributed by atoms with Crippen LogP contribution in [0.5, 0.6) is 0 Å². The fourth-order valence-corrected chi connectivity index (χ4v) is 5.00. The molecule has 0 saturated carbocycles. The van der Waals surface area contributed by atoms with Crippen LogP contribution in [0.2, 0.25) is 10.0 Å². The number of hydrogen-bond donors (Lipinski definition) is 1. The molecule has 31 heavy (non-hydrogen) atoms. The van der Waals surface area contributed by atoms with Crippen molar-refractivity contribution in [2.45, 2.75) is 30.7 Å². The van der Waals surface area contributed by atoms with E-state index in [0.717, 1.165) is 24.8 Å².